The van der Waals surface area contributed by atoms with Crippen LogP contribution in [0.4, 0.5) is 0 Å². The molecule has 2 N–H and O–H groups in total. The van der Waals surface area contributed by atoms with Gasteiger partial charge in [-0.25, -0.2) is 4.79 Å². The van der Waals surface area contributed by atoms with E-state index in [1.165, 1.54) is 11.3 Å². The minimum atomic E-state index is -0.585. The van der Waals surface area contributed by atoms with Crippen LogP contribution in [0.25, 0.3) is 0 Å². The molecule has 0 fully saturated rings. The second-order valence-corrected chi connectivity index (χ2v) is 7.66. The summed E-state index contributed by atoms with van der Waals surface area (Å²) in [6, 6.07) is 15.9. The molecule has 0 saturated carbocycles. The van der Waals surface area contributed by atoms with Crippen LogP contribution in [0.2, 0.25) is 5.02 Å². The first-order valence-electron chi connectivity index (χ1n) is 7.78. The average Bonchev–Trinajstić information content (AvgIpc) is 3.20. The Morgan fingerprint density at radius 1 is 1.19 bits per heavy atom. The Bertz CT molecular complexity index is 960. The molecule has 0 atom stereocenters. The van der Waals surface area contributed by atoms with E-state index >= 15 is 0 Å². The second kappa shape index (κ2) is 9.03. The van der Waals surface area contributed by atoms with Crippen LogP contribution in [0.5, 0.6) is 5.75 Å². The minimum Gasteiger partial charge on any atom is -0.487 e. The molecule has 8 heteroatoms. The molecule has 3 rings (SSSR count). The van der Waals surface area contributed by atoms with Crippen molar-refractivity contribution in [3.8, 4) is 5.75 Å². The molecule has 27 heavy (non-hydrogen) atoms. The van der Waals surface area contributed by atoms with Gasteiger partial charge in [-0.15, -0.1) is 11.3 Å². The number of amidine groups is 1. The standard InChI is InChI=1S/C19H14BrClN2O3S/c20-14-7-8-16(15(21)10-14)25-11-12-3-5-13(6-4-12)19(24)26-23-18(22)17-2-1-9-27-17/h1-10H,11H2,(H2,22,23). The molecule has 138 valence electrons. The van der Waals surface area contributed by atoms with Gasteiger partial charge in [0.25, 0.3) is 0 Å². The largest absolute Gasteiger partial charge is 0.487 e. The highest BCUT2D eigenvalue weighted by Gasteiger charge is 2.09. The molecule has 2 aromatic carbocycles. The topological polar surface area (TPSA) is 73.9 Å². The summed E-state index contributed by atoms with van der Waals surface area (Å²) >= 11 is 10.9. The molecule has 1 heterocycles. The van der Waals surface area contributed by atoms with E-state index in [2.05, 4.69) is 21.1 Å². The fourth-order valence-corrected chi connectivity index (χ4v) is 3.45. The Labute approximate surface area is 173 Å². The summed E-state index contributed by atoms with van der Waals surface area (Å²) in [5.74, 6) is 0.161. The maximum Gasteiger partial charge on any atom is 0.365 e. The van der Waals surface area contributed by atoms with Crippen molar-refractivity contribution in [1.82, 2.24) is 0 Å². The number of hydrogen-bond acceptors (Lipinski definition) is 5. The molecular weight excluding hydrogens is 452 g/mol. The van der Waals surface area contributed by atoms with Gasteiger partial charge >= 0.3 is 5.97 Å². The maximum absolute atomic E-state index is 12.1. The summed E-state index contributed by atoms with van der Waals surface area (Å²) in [4.78, 5) is 17.7. The van der Waals surface area contributed by atoms with Crippen molar-refractivity contribution in [2.24, 2.45) is 10.9 Å². The van der Waals surface area contributed by atoms with E-state index in [0.29, 0.717) is 22.9 Å². The number of thiophene rings is 1. The zero-order valence-electron chi connectivity index (χ0n) is 13.9. The van der Waals surface area contributed by atoms with E-state index in [-0.39, 0.29) is 5.84 Å². The molecule has 0 aliphatic heterocycles. The maximum atomic E-state index is 12.1. The fraction of sp³-hybridized carbons (Fsp3) is 0.0526. The lowest BCUT2D eigenvalue weighted by atomic mass is 10.1. The molecule has 0 amide bonds. The molecule has 0 spiro atoms. The zero-order chi connectivity index (χ0) is 19.2. The van der Waals surface area contributed by atoms with Crippen molar-refractivity contribution in [3.63, 3.8) is 0 Å². The third-order valence-electron chi connectivity index (χ3n) is 3.48. The molecule has 0 saturated heterocycles. The second-order valence-electron chi connectivity index (χ2n) is 5.39. The highest BCUT2D eigenvalue weighted by molar-refractivity contribution is 9.10. The van der Waals surface area contributed by atoms with Gasteiger partial charge in [0, 0.05) is 4.47 Å². The third-order valence-corrected chi connectivity index (χ3v) is 5.16. The lowest BCUT2D eigenvalue weighted by Gasteiger charge is -2.08. The van der Waals surface area contributed by atoms with Gasteiger partial charge in [0.05, 0.1) is 15.5 Å². The SMILES string of the molecule is N/C(=N\OC(=O)c1ccc(COc2ccc(Br)cc2Cl)cc1)c1cccs1. The molecule has 0 bridgehead atoms. The highest BCUT2D eigenvalue weighted by atomic mass is 79.9. The third kappa shape index (κ3) is 5.32. The average molecular weight is 466 g/mol. The first-order chi connectivity index (χ1) is 13.0. The summed E-state index contributed by atoms with van der Waals surface area (Å²) < 4.78 is 6.57. The number of oxime groups is 1. The van der Waals surface area contributed by atoms with E-state index < -0.39 is 5.97 Å². The quantitative estimate of drug-likeness (QED) is 0.234. The van der Waals surface area contributed by atoms with Gasteiger partial charge < -0.3 is 15.3 Å². The number of nitrogens with zero attached hydrogens (tertiary/aromatic N) is 1. The summed E-state index contributed by atoms with van der Waals surface area (Å²) in [7, 11) is 0. The lowest BCUT2D eigenvalue weighted by molar-refractivity contribution is 0.0516. The van der Waals surface area contributed by atoms with Gasteiger partial charge in [-0.1, -0.05) is 50.9 Å². The first-order valence-corrected chi connectivity index (χ1v) is 9.83. The van der Waals surface area contributed by atoms with Crippen LogP contribution in [0.15, 0.2) is 69.6 Å². The first kappa shape index (κ1) is 19.4. The number of halogens is 2. The van der Waals surface area contributed by atoms with Gasteiger partial charge in [-0.3, -0.25) is 0 Å². The zero-order valence-corrected chi connectivity index (χ0v) is 17.1. The fourth-order valence-electron chi connectivity index (χ4n) is 2.10. The monoisotopic (exact) mass is 464 g/mol. The highest BCUT2D eigenvalue weighted by Crippen LogP contribution is 2.28. The summed E-state index contributed by atoms with van der Waals surface area (Å²) in [6.07, 6.45) is 0. The van der Waals surface area contributed by atoms with Crippen LogP contribution in [0.3, 0.4) is 0 Å². The molecule has 0 unspecified atom stereocenters. The molecule has 1 aromatic heterocycles. The lowest BCUT2D eigenvalue weighted by Crippen LogP contribution is -2.13. The van der Waals surface area contributed by atoms with Crippen LogP contribution in [-0.4, -0.2) is 11.8 Å². The van der Waals surface area contributed by atoms with E-state index in [9.17, 15) is 4.79 Å². The van der Waals surface area contributed by atoms with E-state index in [4.69, 9.17) is 26.9 Å². The number of hydrogen-bond donors (Lipinski definition) is 1. The van der Waals surface area contributed by atoms with E-state index in [0.717, 1.165) is 14.9 Å². The minimum absolute atomic E-state index is 0.162. The summed E-state index contributed by atoms with van der Waals surface area (Å²) in [6.45, 7) is 0.320. The molecule has 0 aliphatic rings. The Morgan fingerprint density at radius 3 is 2.63 bits per heavy atom. The van der Waals surface area contributed by atoms with Gasteiger partial charge in [0.15, 0.2) is 5.84 Å². The van der Waals surface area contributed by atoms with Crippen molar-refractivity contribution < 1.29 is 14.4 Å². The number of carbonyl (C=O) groups is 1. The number of carbonyl (C=O) groups excluding carboxylic acids is 1. The van der Waals surface area contributed by atoms with Crippen molar-refractivity contribution in [1.29, 1.82) is 0 Å². The summed E-state index contributed by atoms with van der Waals surface area (Å²) in [5.41, 5.74) is 7.00. The Morgan fingerprint density at radius 2 is 1.96 bits per heavy atom. The van der Waals surface area contributed by atoms with Crippen molar-refractivity contribution in [2.45, 2.75) is 6.61 Å². The molecule has 0 aliphatic carbocycles. The number of benzene rings is 2. The van der Waals surface area contributed by atoms with Crippen molar-refractivity contribution >= 4 is 50.7 Å². The predicted octanol–water partition coefficient (Wildman–Crippen LogP) is 5.22. The molecule has 5 nitrogen and oxygen atoms in total. The van der Waals surface area contributed by atoms with Crippen LogP contribution in [0.1, 0.15) is 20.8 Å². The Kier molecular flexibility index (Phi) is 6.49. The predicted molar refractivity (Wildman–Crippen MR) is 110 cm³/mol. The molecule has 3 aromatic rings. The molecular formula is C19H14BrClN2O3S. The van der Waals surface area contributed by atoms with Gasteiger partial charge in [-0.2, -0.15) is 0 Å². The van der Waals surface area contributed by atoms with Gasteiger partial charge in [0.2, 0.25) is 0 Å². The number of rotatable bonds is 6. The van der Waals surface area contributed by atoms with Crippen molar-refractivity contribution in [3.05, 3.63) is 85.5 Å². The van der Waals surface area contributed by atoms with Crippen LogP contribution in [-0.2, 0) is 11.4 Å². The molecule has 0 radical (unpaired) electrons. The van der Waals surface area contributed by atoms with Crippen LogP contribution in [0, 0.1) is 0 Å². The Hall–Kier alpha value is -2.35. The van der Waals surface area contributed by atoms with Crippen LogP contribution < -0.4 is 10.5 Å². The van der Waals surface area contributed by atoms with Crippen LogP contribution >= 0.6 is 38.9 Å². The smallest absolute Gasteiger partial charge is 0.365 e. The van der Waals surface area contributed by atoms with E-state index in [1.54, 1.807) is 42.5 Å². The number of ether oxygens (including phenoxy) is 1. The number of nitrogens with two attached hydrogens (primary N) is 1. The Balaban J connectivity index is 1.58. The summed E-state index contributed by atoms with van der Waals surface area (Å²) in [5, 5.41) is 6.05. The van der Waals surface area contributed by atoms with E-state index in [1.807, 2.05) is 17.5 Å². The van der Waals surface area contributed by atoms with Crippen molar-refractivity contribution in [2.75, 3.05) is 0 Å². The van der Waals surface area contributed by atoms with Gasteiger partial charge in [-0.05, 0) is 47.3 Å². The van der Waals surface area contributed by atoms with Gasteiger partial charge in [0.1, 0.15) is 12.4 Å². The normalized spacial score (nSPS) is 11.3.